The molecular formula is C9H14O3. The molecule has 0 aliphatic heterocycles. The third-order valence-corrected chi connectivity index (χ3v) is 3.25. The molecule has 3 nitrogen and oxygen atoms in total. The molecule has 0 heterocycles. The average molecular weight is 170 g/mol. The number of hydrogen-bond donors (Lipinski definition) is 2. The second kappa shape index (κ2) is 2.46. The highest BCUT2D eigenvalue weighted by Gasteiger charge is 2.54. The van der Waals surface area contributed by atoms with Crippen LogP contribution in [0.1, 0.15) is 32.1 Å². The van der Waals surface area contributed by atoms with E-state index in [1.165, 1.54) is 6.42 Å². The van der Waals surface area contributed by atoms with E-state index in [-0.39, 0.29) is 6.42 Å². The van der Waals surface area contributed by atoms with Gasteiger partial charge in [-0.15, -0.1) is 0 Å². The van der Waals surface area contributed by atoms with Crippen molar-refractivity contribution in [2.45, 2.75) is 37.7 Å². The smallest absolute Gasteiger partial charge is 0.306 e. The van der Waals surface area contributed by atoms with Crippen LogP contribution in [-0.2, 0) is 4.79 Å². The molecule has 12 heavy (non-hydrogen) atoms. The fraction of sp³-hybridized carbons (Fsp3) is 0.889. The molecule has 0 bridgehead atoms. The molecule has 0 radical (unpaired) electrons. The summed E-state index contributed by atoms with van der Waals surface area (Å²) >= 11 is 0. The molecule has 0 spiro atoms. The lowest BCUT2D eigenvalue weighted by Gasteiger charge is -2.30. The third kappa shape index (κ3) is 1.22. The van der Waals surface area contributed by atoms with Crippen LogP contribution in [-0.4, -0.2) is 21.8 Å². The van der Waals surface area contributed by atoms with Crippen LogP contribution in [0.4, 0.5) is 0 Å². The van der Waals surface area contributed by atoms with Gasteiger partial charge >= 0.3 is 5.97 Å². The van der Waals surface area contributed by atoms with Crippen LogP contribution in [0.5, 0.6) is 0 Å². The van der Waals surface area contributed by atoms with Crippen LogP contribution in [0, 0.1) is 11.8 Å². The Morgan fingerprint density at radius 3 is 3.00 bits per heavy atom. The predicted molar refractivity (Wildman–Crippen MR) is 42.7 cm³/mol. The van der Waals surface area contributed by atoms with Crippen LogP contribution in [0.3, 0.4) is 0 Å². The lowest BCUT2D eigenvalue weighted by Crippen LogP contribution is -2.37. The molecule has 0 saturated heterocycles. The number of carboxylic acid groups (broad SMARTS) is 1. The van der Waals surface area contributed by atoms with Crippen molar-refractivity contribution in [3.63, 3.8) is 0 Å². The van der Waals surface area contributed by atoms with Gasteiger partial charge in [-0.2, -0.15) is 0 Å². The molecule has 2 N–H and O–H groups in total. The lowest BCUT2D eigenvalue weighted by molar-refractivity contribution is -0.144. The average Bonchev–Trinajstić information content (AvgIpc) is 2.64. The summed E-state index contributed by atoms with van der Waals surface area (Å²) in [5.41, 5.74) is -0.866. The zero-order chi connectivity index (χ0) is 8.77. The van der Waals surface area contributed by atoms with Gasteiger partial charge in [0, 0.05) is 0 Å². The summed E-state index contributed by atoms with van der Waals surface area (Å²) < 4.78 is 0. The van der Waals surface area contributed by atoms with Crippen LogP contribution in [0.2, 0.25) is 0 Å². The van der Waals surface area contributed by atoms with Gasteiger partial charge in [-0.1, -0.05) is 6.42 Å². The highest BCUT2D eigenvalue weighted by atomic mass is 16.4. The van der Waals surface area contributed by atoms with Gasteiger partial charge in [-0.25, -0.2) is 0 Å². The molecule has 2 saturated carbocycles. The van der Waals surface area contributed by atoms with Gasteiger partial charge in [-0.3, -0.25) is 4.79 Å². The highest BCUT2D eigenvalue weighted by Crippen LogP contribution is 2.55. The Kier molecular flexibility index (Phi) is 1.65. The molecule has 68 valence electrons. The minimum atomic E-state index is -0.870. The molecule has 0 aromatic rings. The highest BCUT2D eigenvalue weighted by molar-refractivity contribution is 5.68. The summed E-state index contributed by atoms with van der Waals surface area (Å²) in [7, 11) is 0. The maximum absolute atomic E-state index is 10.5. The third-order valence-electron chi connectivity index (χ3n) is 3.25. The number of hydrogen-bond acceptors (Lipinski definition) is 2. The maximum Gasteiger partial charge on any atom is 0.306 e. The largest absolute Gasteiger partial charge is 0.481 e. The van der Waals surface area contributed by atoms with E-state index in [0.717, 1.165) is 12.8 Å². The zero-order valence-electron chi connectivity index (χ0n) is 6.99. The molecule has 3 heteroatoms. The van der Waals surface area contributed by atoms with E-state index in [1.807, 2.05) is 0 Å². The van der Waals surface area contributed by atoms with Crippen LogP contribution in [0.15, 0.2) is 0 Å². The van der Waals surface area contributed by atoms with Crippen molar-refractivity contribution in [1.82, 2.24) is 0 Å². The number of carboxylic acids is 1. The van der Waals surface area contributed by atoms with Gasteiger partial charge in [0.15, 0.2) is 0 Å². The quantitative estimate of drug-likeness (QED) is 0.650. The molecule has 3 unspecified atom stereocenters. The first-order chi connectivity index (χ1) is 5.62. The van der Waals surface area contributed by atoms with Crippen molar-refractivity contribution in [2.24, 2.45) is 11.8 Å². The summed E-state index contributed by atoms with van der Waals surface area (Å²) in [5, 5.41) is 18.6. The van der Waals surface area contributed by atoms with Crippen LogP contribution in [0.25, 0.3) is 0 Å². The normalized spacial score (nSPS) is 45.1. The number of fused-ring (bicyclic) bond motifs is 1. The van der Waals surface area contributed by atoms with Crippen molar-refractivity contribution in [1.29, 1.82) is 0 Å². The first kappa shape index (κ1) is 8.05. The van der Waals surface area contributed by atoms with Gasteiger partial charge in [0.2, 0.25) is 0 Å². The molecule has 2 rings (SSSR count). The molecule has 0 aromatic carbocycles. The Bertz CT molecular complexity index is 214. The fourth-order valence-corrected chi connectivity index (χ4v) is 2.56. The number of aliphatic carboxylic acids is 1. The van der Waals surface area contributed by atoms with Crippen LogP contribution >= 0.6 is 0 Å². The van der Waals surface area contributed by atoms with E-state index in [4.69, 9.17) is 5.11 Å². The molecule has 2 fully saturated rings. The second-order valence-corrected chi connectivity index (χ2v) is 4.17. The van der Waals surface area contributed by atoms with Crippen molar-refractivity contribution in [3.05, 3.63) is 0 Å². The second-order valence-electron chi connectivity index (χ2n) is 4.17. The van der Waals surface area contributed by atoms with Crippen LogP contribution < -0.4 is 0 Å². The number of rotatable bonds is 2. The van der Waals surface area contributed by atoms with Crippen molar-refractivity contribution >= 4 is 5.97 Å². The van der Waals surface area contributed by atoms with E-state index in [2.05, 4.69) is 0 Å². The minimum Gasteiger partial charge on any atom is -0.481 e. The first-order valence-corrected chi connectivity index (χ1v) is 4.56. The maximum atomic E-state index is 10.5. The molecule has 3 atom stereocenters. The van der Waals surface area contributed by atoms with E-state index in [9.17, 15) is 9.90 Å². The SMILES string of the molecule is O=C(O)CC1(O)CCCC2CC21. The molecule has 0 aromatic heterocycles. The van der Waals surface area contributed by atoms with Gasteiger partial charge in [0.1, 0.15) is 0 Å². The standard InChI is InChI=1S/C9H14O3/c10-8(11)5-9(12)3-1-2-6-4-7(6)9/h6-7,12H,1-5H2,(H,10,11). The van der Waals surface area contributed by atoms with Gasteiger partial charge in [-0.05, 0) is 31.1 Å². The Labute approximate surface area is 71.4 Å². The van der Waals surface area contributed by atoms with Gasteiger partial charge in [0.25, 0.3) is 0 Å². The molecule has 2 aliphatic rings. The lowest BCUT2D eigenvalue weighted by atomic mass is 9.82. The monoisotopic (exact) mass is 170 g/mol. The molecule has 2 aliphatic carbocycles. The Hall–Kier alpha value is -0.570. The predicted octanol–water partition coefficient (Wildman–Crippen LogP) is 1.01. The summed E-state index contributed by atoms with van der Waals surface area (Å²) in [5.74, 6) is 0.0514. The Morgan fingerprint density at radius 1 is 1.58 bits per heavy atom. The summed E-state index contributed by atoms with van der Waals surface area (Å²) in [6.45, 7) is 0. The zero-order valence-corrected chi connectivity index (χ0v) is 6.99. The molecule has 0 amide bonds. The van der Waals surface area contributed by atoms with Gasteiger partial charge in [0.05, 0.1) is 12.0 Å². The topological polar surface area (TPSA) is 57.5 Å². The minimum absolute atomic E-state index is 0.0613. The summed E-state index contributed by atoms with van der Waals surface area (Å²) in [6, 6.07) is 0. The van der Waals surface area contributed by atoms with E-state index in [1.54, 1.807) is 0 Å². The number of aliphatic hydroxyl groups is 1. The van der Waals surface area contributed by atoms with Crippen molar-refractivity contribution < 1.29 is 15.0 Å². The van der Waals surface area contributed by atoms with Crippen molar-refractivity contribution in [3.8, 4) is 0 Å². The Balaban J connectivity index is 2.03. The van der Waals surface area contributed by atoms with E-state index < -0.39 is 11.6 Å². The summed E-state index contributed by atoms with van der Waals surface area (Å²) in [6.07, 6.45) is 3.84. The first-order valence-electron chi connectivity index (χ1n) is 4.56. The Morgan fingerprint density at radius 2 is 2.33 bits per heavy atom. The molecular weight excluding hydrogens is 156 g/mol. The summed E-state index contributed by atoms with van der Waals surface area (Å²) in [4.78, 5) is 10.5. The number of carbonyl (C=O) groups is 1. The van der Waals surface area contributed by atoms with Gasteiger partial charge < -0.3 is 10.2 Å². The van der Waals surface area contributed by atoms with E-state index in [0.29, 0.717) is 18.3 Å². The van der Waals surface area contributed by atoms with E-state index >= 15 is 0 Å². The van der Waals surface area contributed by atoms with Crippen molar-refractivity contribution in [2.75, 3.05) is 0 Å². The fourth-order valence-electron chi connectivity index (χ4n) is 2.56.